The summed E-state index contributed by atoms with van der Waals surface area (Å²) in [6.07, 6.45) is 1.33. The predicted octanol–water partition coefficient (Wildman–Crippen LogP) is 3.28. The molecule has 29 heavy (non-hydrogen) atoms. The van der Waals surface area contributed by atoms with Crippen LogP contribution in [0.15, 0.2) is 48.7 Å². The minimum absolute atomic E-state index is 0.108. The molecule has 9 heteroatoms. The van der Waals surface area contributed by atoms with Crippen molar-refractivity contribution in [2.24, 2.45) is 5.73 Å². The quantitative estimate of drug-likeness (QED) is 0.563. The zero-order valence-electron chi connectivity index (χ0n) is 15.4. The molecular formula is C20H17FN6O2. The molecule has 1 heterocycles. The standard InChI is InChI=1S/C20H17FN6O2/c1-29-17-14(18(23)28)3-2-4-16(17)26-19-15(21)11-24-20(27-19)25-13-7-5-12(6-8-13)9-10-22/h2-8,11H,9H2,1H3,(H2,23,28)(H2,24,25,26,27). The van der Waals surface area contributed by atoms with Crippen LogP contribution in [0.3, 0.4) is 0 Å². The number of halogens is 1. The first-order valence-electron chi connectivity index (χ1n) is 8.51. The third kappa shape index (κ3) is 4.56. The van der Waals surface area contributed by atoms with E-state index in [9.17, 15) is 9.18 Å². The number of methoxy groups -OCH3 is 1. The van der Waals surface area contributed by atoms with Crippen LogP contribution in [0.25, 0.3) is 0 Å². The highest BCUT2D eigenvalue weighted by atomic mass is 19.1. The summed E-state index contributed by atoms with van der Waals surface area (Å²) in [7, 11) is 1.38. The smallest absolute Gasteiger partial charge is 0.252 e. The van der Waals surface area contributed by atoms with Gasteiger partial charge in [-0.25, -0.2) is 9.37 Å². The van der Waals surface area contributed by atoms with Gasteiger partial charge in [-0.2, -0.15) is 10.2 Å². The fraction of sp³-hybridized carbons (Fsp3) is 0.100. The summed E-state index contributed by atoms with van der Waals surface area (Å²) in [5.41, 5.74) is 7.39. The maximum absolute atomic E-state index is 14.2. The normalized spacial score (nSPS) is 10.1. The van der Waals surface area contributed by atoms with Gasteiger partial charge >= 0.3 is 0 Å². The van der Waals surface area contributed by atoms with Crippen molar-refractivity contribution in [1.82, 2.24) is 9.97 Å². The molecule has 146 valence electrons. The molecule has 1 amide bonds. The molecular weight excluding hydrogens is 375 g/mol. The van der Waals surface area contributed by atoms with Crippen LogP contribution in [-0.4, -0.2) is 23.0 Å². The highest BCUT2D eigenvalue weighted by Gasteiger charge is 2.16. The van der Waals surface area contributed by atoms with Gasteiger partial charge in [-0.3, -0.25) is 4.79 Å². The minimum atomic E-state index is -0.688. The molecule has 0 fully saturated rings. The molecule has 4 N–H and O–H groups in total. The summed E-state index contributed by atoms with van der Waals surface area (Å²) >= 11 is 0. The molecule has 0 aliphatic heterocycles. The van der Waals surface area contributed by atoms with Crippen LogP contribution in [0.2, 0.25) is 0 Å². The maximum Gasteiger partial charge on any atom is 0.252 e. The maximum atomic E-state index is 14.2. The number of hydrogen-bond donors (Lipinski definition) is 3. The van der Waals surface area contributed by atoms with Crippen LogP contribution in [0.4, 0.5) is 27.5 Å². The molecule has 0 unspecified atom stereocenters. The number of nitrogens with two attached hydrogens (primary N) is 1. The molecule has 3 aromatic rings. The van der Waals surface area contributed by atoms with E-state index in [1.54, 1.807) is 36.4 Å². The molecule has 8 nitrogen and oxygen atoms in total. The van der Waals surface area contributed by atoms with Crippen LogP contribution >= 0.6 is 0 Å². The van der Waals surface area contributed by atoms with Crippen molar-refractivity contribution in [3.8, 4) is 11.8 Å². The van der Waals surface area contributed by atoms with E-state index in [0.29, 0.717) is 17.8 Å². The Bertz CT molecular complexity index is 1080. The van der Waals surface area contributed by atoms with Crippen molar-refractivity contribution < 1.29 is 13.9 Å². The lowest BCUT2D eigenvalue weighted by atomic mass is 10.1. The van der Waals surface area contributed by atoms with E-state index in [4.69, 9.17) is 15.7 Å². The number of primary amides is 1. The van der Waals surface area contributed by atoms with Crippen LogP contribution in [0, 0.1) is 17.1 Å². The zero-order valence-corrected chi connectivity index (χ0v) is 15.4. The topological polar surface area (TPSA) is 126 Å². The molecule has 2 aromatic carbocycles. The molecule has 1 aromatic heterocycles. The summed E-state index contributed by atoms with van der Waals surface area (Å²) in [6.45, 7) is 0. The lowest BCUT2D eigenvalue weighted by Gasteiger charge is -2.14. The molecule has 0 bridgehead atoms. The number of para-hydroxylation sites is 1. The Kier molecular flexibility index (Phi) is 5.85. The van der Waals surface area contributed by atoms with Crippen molar-refractivity contribution in [2.45, 2.75) is 6.42 Å². The zero-order chi connectivity index (χ0) is 20.8. The summed E-state index contributed by atoms with van der Waals surface area (Å²) in [4.78, 5) is 19.6. The van der Waals surface area contributed by atoms with E-state index < -0.39 is 11.7 Å². The van der Waals surface area contributed by atoms with Crippen molar-refractivity contribution in [1.29, 1.82) is 5.26 Å². The van der Waals surface area contributed by atoms with E-state index in [1.807, 2.05) is 0 Å². The van der Waals surface area contributed by atoms with E-state index in [0.717, 1.165) is 11.8 Å². The number of hydrogen-bond acceptors (Lipinski definition) is 7. The van der Waals surface area contributed by atoms with Gasteiger partial charge in [-0.15, -0.1) is 0 Å². The fourth-order valence-corrected chi connectivity index (χ4v) is 2.62. The second-order valence-electron chi connectivity index (χ2n) is 5.92. The number of anilines is 4. The molecule has 3 rings (SSSR count). The van der Waals surface area contributed by atoms with Gasteiger partial charge in [-0.05, 0) is 29.8 Å². The van der Waals surface area contributed by atoms with Gasteiger partial charge in [0.15, 0.2) is 17.4 Å². The largest absolute Gasteiger partial charge is 0.494 e. The van der Waals surface area contributed by atoms with Crippen LogP contribution < -0.4 is 21.1 Å². The van der Waals surface area contributed by atoms with Crippen LogP contribution in [-0.2, 0) is 6.42 Å². The number of nitrogens with zero attached hydrogens (tertiary/aromatic N) is 3. The van der Waals surface area contributed by atoms with Gasteiger partial charge in [0.25, 0.3) is 5.91 Å². The molecule has 0 aliphatic carbocycles. The molecule has 0 aliphatic rings. The molecule has 0 saturated heterocycles. The summed E-state index contributed by atoms with van der Waals surface area (Å²) in [6, 6.07) is 13.9. The summed E-state index contributed by atoms with van der Waals surface area (Å²) < 4.78 is 19.5. The monoisotopic (exact) mass is 392 g/mol. The SMILES string of the molecule is COc1c(Nc2nc(Nc3ccc(CC#N)cc3)ncc2F)cccc1C(N)=O. The number of carbonyl (C=O) groups is 1. The lowest BCUT2D eigenvalue weighted by Crippen LogP contribution is -2.13. The molecule has 0 radical (unpaired) electrons. The minimum Gasteiger partial charge on any atom is -0.494 e. The number of benzene rings is 2. The highest BCUT2D eigenvalue weighted by molar-refractivity contribution is 5.98. The van der Waals surface area contributed by atoms with Crippen LogP contribution in [0.1, 0.15) is 15.9 Å². The van der Waals surface area contributed by atoms with E-state index >= 15 is 0 Å². The van der Waals surface area contributed by atoms with Crippen molar-refractivity contribution in [2.75, 3.05) is 17.7 Å². The average molecular weight is 392 g/mol. The van der Waals surface area contributed by atoms with Gasteiger partial charge in [0.1, 0.15) is 0 Å². The van der Waals surface area contributed by atoms with Gasteiger partial charge in [0.2, 0.25) is 5.95 Å². The van der Waals surface area contributed by atoms with Crippen molar-refractivity contribution in [3.05, 3.63) is 65.6 Å². The number of carbonyl (C=O) groups excluding carboxylic acids is 1. The number of aromatic nitrogens is 2. The molecule has 0 spiro atoms. The van der Waals surface area contributed by atoms with Gasteiger partial charge in [0, 0.05) is 5.69 Å². The van der Waals surface area contributed by atoms with Crippen molar-refractivity contribution in [3.63, 3.8) is 0 Å². The third-order valence-corrected chi connectivity index (χ3v) is 3.98. The number of nitrogens with one attached hydrogen (secondary N) is 2. The average Bonchev–Trinajstić information content (AvgIpc) is 2.72. The summed E-state index contributed by atoms with van der Waals surface area (Å²) in [5.74, 6) is -1.13. The highest BCUT2D eigenvalue weighted by Crippen LogP contribution is 2.31. The number of nitriles is 1. The Morgan fingerprint density at radius 2 is 2.00 bits per heavy atom. The van der Waals surface area contributed by atoms with Gasteiger partial charge in [-0.1, -0.05) is 18.2 Å². The Hall–Kier alpha value is -4.19. The van der Waals surface area contributed by atoms with E-state index in [-0.39, 0.29) is 23.1 Å². The fourth-order valence-electron chi connectivity index (χ4n) is 2.62. The Morgan fingerprint density at radius 1 is 1.24 bits per heavy atom. The number of rotatable bonds is 7. The van der Waals surface area contributed by atoms with E-state index in [1.165, 1.54) is 13.2 Å². The lowest BCUT2D eigenvalue weighted by molar-refractivity contribution is 0.0997. The Labute approximate surface area is 166 Å². The van der Waals surface area contributed by atoms with Gasteiger partial charge < -0.3 is 21.1 Å². The number of amides is 1. The molecule has 0 atom stereocenters. The molecule has 0 saturated carbocycles. The Balaban J connectivity index is 1.86. The second kappa shape index (κ2) is 8.67. The summed E-state index contributed by atoms with van der Waals surface area (Å²) in [5, 5.41) is 14.5. The first-order chi connectivity index (χ1) is 14.0. The predicted molar refractivity (Wildman–Crippen MR) is 106 cm³/mol. The Morgan fingerprint density at radius 3 is 2.66 bits per heavy atom. The third-order valence-electron chi connectivity index (χ3n) is 3.98. The second-order valence-corrected chi connectivity index (χ2v) is 5.92. The first-order valence-corrected chi connectivity index (χ1v) is 8.51. The van der Waals surface area contributed by atoms with Gasteiger partial charge in [0.05, 0.1) is 37.0 Å². The number of ether oxygens (including phenoxy) is 1. The van der Waals surface area contributed by atoms with Crippen LogP contribution in [0.5, 0.6) is 5.75 Å². The van der Waals surface area contributed by atoms with E-state index in [2.05, 4.69) is 26.7 Å². The van der Waals surface area contributed by atoms with Crippen molar-refractivity contribution >= 4 is 29.0 Å². The first kappa shape index (κ1) is 19.6.